The van der Waals surface area contributed by atoms with Crippen LogP contribution in [-0.4, -0.2) is 16.9 Å². The summed E-state index contributed by atoms with van der Waals surface area (Å²) in [4.78, 5) is 21.2. The SMILES string of the molecule is CC(=O)O.O=C1C2=CC=CCC2=COc2ccccc21. The Labute approximate surface area is 116 Å². The molecule has 0 amide bonds. The molecule has 0 radical (unpaired) electrons. The molecule has 1 aliphatic carbocycles. The van der Waals surface area contributed by atoms with Crippen LogP contribution in [0.25, 0.3) is 0 Å². The Kier molecular flexibility index (Phi) is 4.15. The van der Waals surface area contributed by atoms with Crippen LogP contribution in [0.3, 0.4) is 0 Å². The van der Waals surface area contributed by atoms with E-state index >= 15 is 0 Å². The van der Waals surface area contributed by atoms with Gasteiger partial charge in [-0.15, -0.1) is 0 Å². The highest BCUT2D eigenvalue weighted by atomic mass is 16.5. The van der Waals surface area contributed by atoms with Gasteiger partial charge in [-0.05, 0) is 18.6 Å². The second kappa shape index (κ2) is 6.02. The fourth-order valence-electron chi connectivity index (χ4n) is 1.95. The molecule has 3 rings (SSSR count). The lowest BCUT2D eigenvalue weighted by molar-refractivity contribution is -0.134. The monoisotopic (exact) mass is 270 g/mol. The first kappa shape index (κ1) is 13.8. The Morgan fingerprint density at radius 2 is 2.00 bits per heavy atom. The van der Waals surface area contributed by atoms with Crippen LogP contribution in [0.5, 0.6) is 5.75 Å². The first-order chi connectivity index (χ1) is 9.59. The number of para-hydroxylation sites is 1. The quantitative estimate of drug-likeness (QED) is 0.786. The van der Waals surface area contributed by atoms with Gasteiger partial charge in [0.1, 0.15) is 5.75 Å². The lowest BCUT2D eigenvalue weighted by Gasteiger charge is -2.08. The Bertz CT molecular complexity index is 632. The third-order valence-electron chi connectivity index (χ3n) is 2.79. The second-order valence-electron chi connectivity index (χ2n) is 4.32. The number of hydrogen-bond acceptors (Lipinski definition) is 3. The van der Waals surface area contributed by atoms with Crippen molar-refractivity contribution in [2.75, 3.05) is 0 Å². The van der Waals surface area contributed by atoms with Gasteiger partial charge in [-0.2, -0.15) is 0 Å². The van der Waals surface area contributed by atoms with Crippen molar-refractivity contribution >= 4 is 11.8 Å². The summed E-state index contributed by atoms with van der Waals surface area (Å²) in [7, 11) is 0. The molecule has 0 unspecified atom stereocenters. The number of benzene rings is 1. The number of ether oxygens (including phenoxy) is 1. The molecule has 0 fully saturated rings. The number of Topliss-reactive ketones (excluding diaryl/α,β-unsaturated/α-hetero) is 1. The molecular formula is C16H14O4. The summed E-state index contributed by atoms with van der Waals surface area (Å²) in [6, 6.07) is 7.33. The fourth-order valence-corrected chi connectivity index (χ4v) is 1.95. The molecule has 1 aliphatic heterocycles. The molecule has 4 nitrogen and oxygen atoms in total. The molecule has 0 atom stereocenters. The van der Waals surface area contributed by atoms with E-state index in [4.69, 9.17) is 14.6 Å². The summed E-state index contributed by atoms with van der Waals surface area (Å²) < 4.78 is 5.53. The first-order valence-corrected chi connectivity index (χ1v) is 6.15. The largest absolute Gasteiger partial charge is 0.481 e. The molecule has 20 heavy (non-hydrogen) atoms. The average Bonchev–Trinajstić information content (AvgIpc) is 2.57. The highest BCUT2D eigenvalue weighted by molar-refractivity contribution is 6.13. The van der Waals surface area contributed by atoms with E-state index in [0.717, 1.165) is 24.5 Å². The van der Waals surface area contributed by atoms with Gasteiger partial charge in [0.15, 0.2) is 5.78 Å². The van der Waals surface area contributed by atoms with Gasteiger partial charge in [-0.1, -0.05) is 30.4 Å². The number of fused-ring (bicyclic) bond motifs is 2. The van der Waals surface area contributed by atoms with Crippen LogP contribution in [0.4, 0.5) is 0 Å². The third kappa shape index (κ3) is 3.03. The highest BCUT2D eigenvalue weighted by Gasteiger charge is 2.23. The van der Waals surface area contributed by atoms with Crippen molar-refractivity contribution < 1.29 is 19.4 Å². The third-order valence-corrected chi connectivity index (χ3v) is 2.79. The summed E-state index contributed by atoms with van der Waals surface area (Å²) in [5.41, 5.74) is 2.33. The Hall–Kier alpha value is -2.62. The van der Waals surface area contributed by atoms with E-state index in [9.17, 15) is 4.79 Å². The zero-order chi connectivity index (χ0) is 14.5. The van der Waals surface area contributed by atoms with Gasteiger partial charge in [0.05, 0.1) is 11.8 Å². The minimum absolute atomic E-state index is 0.0451. The first-order valence-electron chi connectivity index (χ1n) is 6.15. The maximum Gasteiger partial charge on any atom is 0.300 e. The lowest BCUT2D eigenvalue weighted by atomic mass is 9.93. The number of allylic oxidation sites excluding steroid dienone is 5. The molecule has 0 aromatic heterocycles. The molecule has 1 N–H and O–H groups in total. The van der Waals surface area contributed by atoms with Crippen LogP contribution in [0.1, 0.15) is 23.7 Å². The fraction of sp³-hybridized carbons (Fsp3) is 0.125. The number of hydrogen-bond donors (Lipinski definition) is 1. The zero-order valence-electron chi connectivity index (χ0n) is 11.0. The molecule has 1 heterocycles. The van der Waals surface area contributed by atoms with Gasteiger partial charge in [0.2, 0.25) is 0 Å². The summed E-state index contributed by atoms with van der Waals surface area (Å²) in [6.07, 6.45) is 8.22. The lowest BCUT2D eigenvalue weighted by Crippen LogP contribution is -2.05. The van der Waals surface area contributed by atoms with E-state index < -0.39 is 5.97 Å². The number of carboxylic acids is 1. The number of rotatable bonds is 0. The molecule has 4 heteroatoms. The standard InChI is InChI=1S/C14H10O2.C2H4O2/c15-14-11-6-2-1-5-10(11)9-16-13-8-4-3-7-12(13)14;1-2(3)4/h1-4,6-9H,5H2;1H3,(H,3,4). The van der Waals surface area contributed by atoms with Crippen LogP contribution in [-0.2, 0) is 4.79 Å². The van der Waals surface area contributed by atoms with Crippen LogP contribution in [0, 0.1) is 0 Å². The van der Waals surface area contributed by atoms with Gasteiger partial charge in [-0.3, -0.25) is 9.59 Å². The molecule has 1 aromatic rings. The predicted molar refractivity (Wildman–Crippen MR) is 74.6 cm³/mol. The smallest absolute Gasteiger partial charge is 0.300 e. The van der Waals surface area contributed by atoms with Crippen molar-refractivity contribution in [3.8, 4) is 5.75 Å². The molecule has 102 valence electrons. The summed E-state index contributed by atoms with van der Waals surface area (Å²) >= 11 is 0. The zero-order valence-corrected chi connectivity index (χ0v) is 11.0. The van der Waals surface area contributed by atoms with Crippen molar-refractivity contribution in [2.24, 2.45) is 0 Å². The van der Waals surface area contributed by atoms with Crippen molar-refractivity contribution in [1.29, 1.82) is 0 Å². The highest BCUT2D eigenvalue weighted by Crippen LogP contribution is 2.31. The maximum absolute atomic E-state index is 12.2. The van der Waals surface area contributed by atoms with Crippen LogP contribution in [0.15, 0.2) is 59.9 Å². The van der Waals surface area contributed by atoms with Gasteiger partial charge < -0.3 is 9.84 Å². The molecular weight excluding hydrogens is 256 g/mol. The second-order valence-corrected chi connectivity index (χ2v) is 4.32. The maximum atomic E-state index is 12.2. The van der Waals surface area contributed by atoms with Crippen LogP contribution < -0.4 is 4.74 Å². The van der Waals surface area contributed by atoms with Crippen LogP contribution >= 0.6 is 0 Å². The summed E-state index contributed by atoms with van der Waals surface area (Å²) in [5.74, 6) is -0.154. The van der Waals surface area contributed by atoms with E-state index in [2.05, 4.69) is 0 Å². The number of carboxylic acid groups (broad SMARTS) is 1. The Morgan fingerprint density at radius 3 is 2.75 bits per heavy atom. The summed E-state index contributed by atoms with van der Waals surface area (Å²) in [5, 5.41) is 7.42. The predicted octanol–water partition coefficient (Wildman–Crippen LogP) is 3.12. The average molecular weight is 270 g/mol. The van der Waals surface area contributed by atoms with Crippen molar-refractivity contribution in [2.45, 2.75) is 13.3 Å². The van der Waals surface area contributed by atoms with E-state index in [1.165, 1.54) is 0 Å². The van der Waals surface area contributed by atoms with Gasteiger partial charge >= 0.3 is 0 Å². The number of ketones is 1. The Morgan fingerprint density at radius 1 is 1.30 bits per heavy atom. The van der Waals surface area contributed by atoms with Crippen LogP contribution in [0.2, 0.25) is 0 Å². The molecule has 1 aromatic carbocycles. The minimum Gasteiger partial charge on any atom is -0.481 e. The molecule has 0 saturated carbocycles. The summed E-state index contributed by atoms with van der Waals surface area (Å²) in [6.45, 7) is 1.08. The van der Waals surface area contributed by atoms with E-state index in [-0.39, 0.29) is 5.78 Å². The van der Waals surface area contributed by atoms with E-state index in [0.29, 0.717) is 11.3 Å². The van der Waals surface area contributed by atoms with E-state index in [1.54, 1.807) is 12.3 Å². The number of carbonyl (C=O) groups excluding carboxylic acids is 1. The van der Waals surface area contributed by atoms with Gasteiger partial charge in [0, 0.05) is 18.1 Å². The Balaban J connectivity index is 0.000000328. The molecule has 0 spiro atoms. The molecule has 0 bridgehead atoms. The number of aliphatic carboxylic acids is 1. The topological polar surface area (TPSA) is 63.6 Å². The van der Waals surface area contributed by atoms with Crippen molar-refractivity contribution in [1.82, 2.24) is 0 Å². The molecule has 0 saturated heterocycles. The minimum atomic E-state index is -0.833. The molecule has 2 aliphatic rings. The van der Waals surface area contributed by atoms with E-state index in [1.807, 2.05) is 36.4 Å². The normalized spacial score (nSPS) is 15.3. The van der Waals surface area contributed by atoms with Gasteiger partial charge in [0.25, 0.3) is 5.97 Å². The van der Waals surface area contributed by atoms with Crippen molar-refractivity contribution in [3.05, 3.63) is 65.5 Å². The number of carbonyl (C=O) groups is 2. The van der Waals surface area contributed by atoms with Gasteiger partial charge in [-0.25, -0.2) is 0 Å². The van der Waals surface area contributed by atoms with Crippen molar-refractivity contribution in [3.63, 3.8) is 0 Å².